The van der Waals surface area contributed by atoms with Crippen LogP contribution in [-0.4, -0.2) is 24.5 Å². The van der Waals surface area contributed by atoms with Crippen molar-refractivity contribution in [3.8, 4) is 0 Å². The minimum absolute atomic E-state index is 0.00617. The minimum Gasteiger partial charge on any atom is -0.351 e. The van der Waals surface area contributed by atoms with E-state index in [0.29, 0.717) is 17.2 Å². The Morgan fingerprint density at radius 2 is 1.94 bits per heavy atom. The summed E-state index contributed by atoms with van der Waals surface area (Å²) in [7, 11) is 0. The summed E-state index contributed by atoms with van der Waals surface area (Å²) in [5.41, 5.74) is 0.353. The SMILES string of the molecule is CCC(C)(CC)NC(=O)C1CC12CCNCC2. The van der Waals surface area contributed by atoms with Crippen LogP contribution in [0.1, 0.15) is 52.9 Å². The lowest BCUT2D eigenvalue weighted by atomic mass is 9.90. The van der Waals surface area contributed by atoms with Crippen molar-refractivity contribution in [2.75, 3.05) is 13.1 Å². The molecule has 0 aromatic heterocycles. The van der Waals surface area contributed by atoms with Gasteiger partial charge >= 0.3 is 0 Å². The van der Waals surface area contributed by atoms with E-state index in [1.54, 1.807) is 0 Å². The van der Waals surface area contributed by atoms with Gasteiger partial charge in [-0.05, 0) is 57.5 Å². The number of nitrogens with one attached hydrogen (secondary N) is 2. The van der Waals surface area contributed by atoms with Gasteiger partial charge in [-0.25, -0.2) is 0 Å². The van der Waals surface area contributed by atoms with Crippen molar-refractivity contribution in [3.05, 3.63) is 0 Å². The fraction of sp³-hybridized carbons (Fsp3) is 0.929. The van der Waals surface area contributed by atoms with E-state index in [9.17, 15) is 4.79 Å². The standard InChI is InChI=1S/C14H26N2O/c1-4-13(3,5-2)16-12(17)11-10-14(11)6-8-15-9-7-14/h11,15H,4-10H2,1-3H3,(H,16,17). The van der Waals surface area contributed by atoms with Gasteiger partial charge in [0.2, 0.25) is 5.91 Å². The number of amides is 1. The van der Waals surface area contributed by atoms with Gasteiger partial charge in [-0.1, -0.05) is 13.8 Å². The van der Waals surface area contributed by atoms with Crippen molar-refractivity contribution < 1.29 is 4.79 Å². The van der Waals surface area contributed by atoms with E-state index in [1.165, 1.54) is 12.8 Å². The Morgan fingerprint density at radius 1 is 1.35 bits per heavy atom. The highest BCUT2D eigenvalue weighted by Crippen LogP contribution is 2.58. The first-order valence-corrected chi connectivity index (χ1v) is 7.08. The quantitative estimate of drug-likeness (QED) is 0.787. The zero-order valence-corrected chi connectivity index (χ0v) is 11.4. The van der Waals surface area contributed by atoms with Crippen LogP contribution < -0.4 is 10.6 Å². The number of piperidine rings is 1. The molecule has 1 saturated heterocycles. The molecule has 0 radical (unpaired) electrons. The van der Waals surface area contributed by atoms with E-state index in [-0.39, 0.29) is 5.54 Å². The van der Waals surface area contributed by atoms with Gasteiger partial charge in [0.1, 0.15) is 0 Å². The first kappa shape index (κ1) is 12.9. The molecule has 1 spiro atoms. The Kier molecular flexibility index (Phi) is 3.48. The second-order valence-corrected chi connectivity index (χ2v) is 6.13. The van der Waals surface area contributed by atoms with E-state index in [1.807, 2.05) is 0 Å². The van der Waals surface area contributed by atoms with E-state index in [2.05, 4.69) is 31.4 Å². The molecule has 1 aliphatic carbocycles. The van der Waals surface area contributed by atoms with Crippen LogP contribution in [0.2, 0.25) is 0 Å². The summed E-state index contributed by atoms with van der Waals surface area (Å²) >= 11 is 0. The summed E-state index contributed by atoms with van der Waals surface area (Å²) in [6.45, 7) is 8.63. The molecule has 17 heavy (non-hydrogen) atoms. The van der Waals surface area contributed by atoms with Gasteiger partial charge in [0.15, 0.2) is 0 Å². The molecule has 0 bridgehead atoms. The molecule has 1 atom stereocenters. The molecule has 1 aliphatic heterocycles. The van der Waals surface area contributed by atoms with Gasteiger partial charge in [-0.3, -0.25) is 4.79 Å². The summed E-state index contributed by atoms with van der Waals surface area (Å²) < 4.78 is 0. The number of carbonyl (C=O) groups is 1. The molecule has 1 heterocycles. The van der Waals surface area contributed by atoms with Crippen LogP contribution in [0.15, 0.2) is 0 Å². The maximum atomic E-state index is 12.3. The molecule has 2 fully saturated rings. The van der Waals surface area contributed by atoms with Crippen LogP contribution in [0.5, 0.6) is 0 Å². The number of hydrogen-bond acceptors (Lipinski definition) is 2. The molecule has 3 heteroatoms. The second kappa shape index (κ2) is 4.60. The number of carbonyl (C=O) groups excluding carboxylic acids is 1. The van der Waals surface area contributed by atoms with Gasteiger partial charge in [0.05, 0.1) is 0 Å². The fourth-order valence-corrected chi connectivity index (χ4v) is 3.01. The van der Waals surface area contributed by atoms with Crippen molar-refractivity contribution >= 4 is 5.91 Å². The monoisotopic (exact) mass is 238 g/mol. The number of hydrogen-bond donors (Lipinski definition) is 2. The largest absolute Gasteiger partial charge is 0.351 e. The lowest BCUT2D eigenvalue weighted by Crippen LogP contribution is -2.46. The summed E-state index contributed by atoms with van der Waals surface area (Å²) in [5, 5.41) is 6.65. The summed E-state index contributed by atoms with van der Waals surface area (Å²) in [5.74, 6) is 0.597. The van der Waals surface area contributed by atoms with Gasteiger partial charge in [-0.15, -0.1) is 0 Å². The normalized spacial score (nSPS) is 26.9. The Bertz CT molecular complexity index is 291. The second-order valence-electron chi connectivity index (χ2n) is 6.13. The molecule has 1 saturated carbocycles. The van der Waals surface area contributed by atoms with Crippen LogP contribution in [0.3, 0.4) is 0 Å². The predicted octanol–water partition coefficient (Wildman–Crippen LogP) is 2.07. The maximum absolute atomic E-state index is 12.3. The summed E-state index contributed by atoms with van der Waals surface area (Å²) in [4.78, 5) is 12.3. The van der Waals surface area contributed by atoms with Crippen LogP contribution in [-0.2, 0) is 4.79 Å². The van der Waals surface area contributed by atoms with Gasteiger partial charge < -0.3 is 10.6 Å². The number of rotatable bonds is 4. The van der Waals surface area contributed by atoms with E-state index >= 15 is 0 Å². The highest BCUT2D eigenvalue weighted by molar-refractivity contribution is 5.83. The zero-order valence-electron chi connectivity index (χ0n) is 11.4. The molecule has 1 unspecified atom stereocenters. The van der Waals surface area contributed by atoms with E-state index in [0.717, 1.165) is 32.4 Å². The Balaban J connectivity index is 1.90. The van der Waals surface area contributed by atoms with Gasteiger partial charge in [-0.2, -0.15) is 0 Å². The predicted molar refractivity (Wildman–Crippen MR) is 69.8 cm³/mol. The molecular weight excluding hydrogens is 212 g/mol. The molecule has 1 amide bonds. The Labute approximate surface area is 105 Å². The summed E-state index contributed by atoms with van der Waals surface area (Å²) in [6.07, 6.45) is 5.50. The molecular formula is C14H26N2O. The van der Waals surface area contributed by atoms with Gasteiger partial charge in [0.25, 0.3) is 0 Å². The molecule has 98 valence electrons. The smallest absolute Gasteiger partial charge is 0.224 e. The van der Waals surface area contributed by atoms with E-state index in [4.69, 9.17) is 0 Å². The Morgan fingerprint density at radius 3 is 2.47 bits per heavy atom. The molecule has 3 nitrogen and oxygen atoms in total. The van der Waals surface area contributed by atoms with Crippen LogP contribution in [0.25, 0.3) is 0 Å². The minimum atomic E-state index is -0.00617. The van der Waals surface area contributed by atoms with Crippen LogP contribution in [0.4, 0.5) is 0 Å². The summed E-state index contributed by atoms with van der Waals surface area (Å²) in [6, 6.07) is 0. The molecule has 0 aromatic rings. The van der Waals surface area contributed by atoms with E-state index < -0.39 is 0 Å². The highest BCUT2D eigenvalue weighted by atomic mass is 16.2. The third kappa shape index (κ3) is 2.49. The van der Waals surface area contributed by atoms with Crippen molar-refractivity contribution in [2.45, 2.75) is 58.4 Å². The molecule has 2 N–H and O–H groups in total. The third-order valence-corrected chi connectivity index (χ3v) is 5.09. The van der Waals surface area contributed by atoms with Crippen LogP contribution >= 0.6 is 0 Å². The Hall–Kier alpha value is -0.570. The average molecular weight is 238 g/mol. The van der Waals surface area contributed by atoms with Crippen molar-refractivity contribution in [3.63, 3.8) is 0 Å². The lowest BCUT2D eigenvalue weighted by molar-refractivity contribution is -0.125. The van der Waals surface area contributed by atoms with Crippen molar-refractivity contribution in [2.24, 2.45) is 11.3 Å². The fourth-order valence-electron chi connectivity index (χ4n) is 3.01. The third-order valence-electron chi connectivity index (χ3n) is 5.09. The first-order valence-electron chi connectivity index (χ1n) is 7.08. The maximum Gasteiger partial charge on any atom is 0.224 e. The molecule has 0 aromatic carbocycles. The lowest BCUT2D eigenvalue weighted by Gasteiger charge is -2.29. The molecule has 2 rings (SSSR count). The topological polar surface area (TPSA) is 41.1 Å². The average Bonchev–Trinajstić information content (AvgIpc) is 3.04. The zero-order chi connectivity index (χ0) is 12.5. The highest BCUT2D eigenvalue weighted by Gasteiger charge is 2.58. The van der Waals surface area contributed by atoms with Crippen LogP contribution in [0, 0.1) is 11.3 Å². The molecule has 2 aliphatic rings. The van der Waals surface area contributed by atoms with Crippen molar-refractivity contribution in [1.82, 2.24) is 10.6 Å². The first-order chi connectivity index (χ1) is 8.05. The van der Waals surface area contributed by atoms with Crippen molar-refractivity contribution in [1.29, 1.82) is 0 Å². The van der Waals surface area contributed by atoms with Gasteiger partial charge in [0, 0.05) is 11.5 Å².